The molecule has 0 atom stereocenters. The maximum absolute atomic E-state index is 7.53. The van der Waals surface area contributed by atoms with E-state index in [-0.39, 0.29) is 0 Å². The van der Waals surface area contributed by atoms with E-state index in [2.05, 4.69) is 17.7 Å². The summed E-state index contributed by atoms with van der Waals surface area (Å²) >= 11 is 0. The van der Waals surface area contributed by atoms with Gasteiger partial charge in [-0.1, -0.05) is 0 Å². The lowest BCUT2D eigenvalue weighted by Gasteiger charge is -1.78. The molecule has 0 spiro atoms. The smallest absolute Gasteiger partial charge is 0.456 e. The molecule has 3 nitrogen and oxygen atoms in total. The van der Waals surface area contributed by atoms with Crippen LogP contribution in [0.1, 0.15) is 0 Å². The van der Waals surface area contributed by atoms with Crippen molar-refractivity contribution in [1.29, 1.82) is 0 Å². The van der Waals surface area contributed by atoms with Crippen LogP contribution >= 0.6 is 0 Å². The molecule has 0 bridgehead atoms. The van der Waals surface area contributed by atoms with Crippen LogP contribution in [0.15, 0.2) is 13.2 Å². The lowest BCUT2D eigenvalue weighted by Crippen LogP contribution is -2.00. The van der Waals surface area contributed by atoms with Gasteiger partial charge in [0.2, 0.25) is 0 Å². The molecule has 0 aliphatic rings. The van der Waals surface area contributed by atoms with Crippen LogP contribution in [0.2, 0.25) is 0 Å². The van der Waals surface area contributed by atoms with Crippen LogP contribution in [-0.2, 0) is 4.57 Å². The van der Waals surface area contributed by atoms with E-state index in [0.717, 1.165) is 0 Å². The zero-order valence-electron chi connectivity index (χ0n) is 3.87. The highest BCUT2D eigenvalue weighted by Gasteiger charge is 1.80. The second-order valence-electron chi connectivity index (χ2n) is 0.347. The van der Waals surface area contributed by atoms with Gasteiger partial charge in [0.15, 0.2) is 0 Å². The molecule has 2 N–H and O–H groups in total. The summed E-state index contributed by atoms with van der Waals surface area (Å²) in [7, 11) is 0.750. The third-order valence-corrected chi connectivity index (χ3v) is 0.122. The Morgan fingerprint density at radius 2 is 1.43 bits per heavy atom. The van der Waals surface area contributed by atoms with Gasteiger partial charge in [0.05, 0.1) is 0 Å². The van der Waals surface area contributed by atoms with E-state index in [1.807, 2.05) is 0 Å². The Hall–Kier alpha value is -0.250. The van der Waals surface area contributed by atoms with E-state index in [1.165, 1.54) is 0 Å². The molecule has 5 heteroatoms. The van der Waals surface area contributed by atoms with Crippen LogP contribution < -0.4 is 0 Å². The van der Waals surface area contributed by atoms with E-state index in [1.54, 1.807) is 0 Å². The highest BCUT2D eigenvalue weighted by Crippen LogP contribution is 1.48. The second kappa shape index (κ2) is 17.2. The third-order valence-electron chi connectivity index (χ3n) is 0.122. The Labute approximate surface area is 44.2 Å². The molecule has 0 fully saturated rings. The summed E-state index contributed by atoms with van der Waals surface area (Å²) < 4.78 is 3.69. The van der Waals surface area contributed by atoms with Crippen LogP contribution in [-0.4, -0.2) is 25.4 Å². The Kier molecular flexibility index (Phi) is 24.2. The molecule has 0 unspecified atom stereocenters. The molecule has 0 aromatic rings. The molecule has 0 saturated heterocycles. The van der Waals surface area contributed by atoms with Crippen LogP contribution in [0.3, 0.4) is 0 Å². The molecule has 0 rings (SSSR count). The summed E-state index contributed by atoms with van der Waals surface area (Å²) in [6, 6.07) is 0. The third kappa shape index (κ3) is 26.4. The summed E-state index contributed by atoms with van der Waals surface area (Å²) in [5, 5.41) is 15.1. The van der Waals surface area contributed by atoms with Crippen molar-refractivity contribution >= 4 is 15.4 Å². The summed E-state index contributed by atoms with van der Waals surface area (Å²) in [5.74, 6) is 0. The zero-order chi connectivity index (χ0) is 6.12. The fourth-order valence-electron chi connectivity index (χ4n) is 0.0272. The zero-order valence-corrected chi connectivity index (χ0v) is 3.87. The number of hydrogen-bond donors (Lipinski definition) is 2. The predicted octanol–water partition coefficient (Wildman–Crippen LogP) is -1.14. The van der Waals surface area contributed by atoms with Crippen LogP contribution in [0.4, 0.5) is 0 Å². The van der Waals surface area contributed by atoms with Gasteiger partial charge in [-0.05, 0) is 0 Å². The summed E-state index contributed by atoms with van der Waals surface area (Å²) in [4.78, 5) is 0. The van der Waals surface area contributed by atoms with Gasteiger partial charge in [-0.3, -0.25) is 0 Å². The van der Waals surface area contributed by atoms with Gasteiger partial charge in [0.25, 0.3) is 0 Å². The molecule has 0 saturated carbocycles. The fourth-order valence-corrected chi connectivity index (χ4v) is 0.0272. The van der Waals surface area contributed by atoms with Gasteiger partial charge in [0, 0.05) is 0 Å². The van der Waals surface area contributed by atoms with Gasteiger partial charge in [-0.25, -0.2) is 0 Å². The van der Waals surface area contributed by atoms with E-state index in [0.29, 0.717) is 15.4 Å². The van der Waals surface area contributed by atoms with Gasteiger partial charge in [-0.2, -0.15) is 0 Å². The van der Waals surface area contributed by atoms with Crippen molar-refractivity contribution in [1.82, 2.24) is 0 Å². The molecule has 38 valence electrons. The monoisotopic (exact) mass is 100 g/mol. The number of rotatable bonds is 2. The molecular formula is C2H6B2O3. The Morgan fingerprint density at radius 1 is 1.14 bits per heavy atom. The highest BCUT2D eigenvalue weighted by molar-refractivity contribution is 6.32. The van der Waals surface area contributed by atoms with Crippen molar-refractivity contribution in [2.45, 2.75) is 0 Å². The molecule has 0 aromatic carbocycles. The molecule has 0 aliphatic carbocycles. The first-order valence-corrected chi connectivity index (χ1v) is 1.49. The molecule has 0 heterocycles. The first-order valence-electron chi connectivity index (χ1n) is 1.49. The van der Waals surface area contributed by atoms with Crippen LogP contribution in [0.25, 0.3) is 0 Å². The highest BCUT2D eigenvalue weighted by atomic mass is 16.5. The van der Waals surface area contributed by atoms with Crippen molar-refractivity contribution < 1.29 is 14.6 Å². The van der Waals surface area contributed by atoms with E-state index < -0.39 is 0 Å². The molecule has 0 aliphatic heterocycles. The maximum Gasteiger partial charge on any atom is 0.469 e. The van der Waals surface area contributed by atoms with Crippen molar-refractivity contribution in [2.75, 3.05) is 0 Å². The SMILES string of the molecule is C=C.O[B]O[B]O. The molecule has 0 aromatic heterocycles. The Bertz CT molecular complexity index is 24.9. The lowest BCUT2D eigenvalue weighted by molar-refractivity contribution is 0.408. The minimum absolute atomic E-state index is 0.375. The molecule has 2 radical (unpaired) electrons. The summed E-state index contributed by atoms with van der Waals surface area (Å²) in [5.41, 5.74) is 0. The van der Waals surface area contributed by atoms with Gasteiger partial charge in [0.1, 0.15) is 0 Å². The molecule has 0 amide bonds. The van der Waals surface area contributed by atoms with Gasteiger partial charge in [-0.15, -0.1) is 13.2 Å². The average Bonchev–Trinajstić information content (AvgIpc) is 1.75. The molecule has 7 heavy (non-hydrogen) atoms. The normalized spacial score (nSPS) is 5.43. The maximum atomic E-state index is 7.53. The van der Waals surface area contributed by atoms with Crippen LogP contribution in [0.5, 0.6) is 0 Å². The lowest BCUT2D eigenvalue weighted by atomic mass is 10.3. The summed E-state index contributed by atoms with van der Waals surface area (Å²) in [6.07, 6.45) is 0. The first-order chi connectivity index (χ1) is 3.41. The van der Waals surface area contributed by atoms with Crippen molar-refractivity contribution in [2.24, 2.45) is 0 Å². The standard InChI is InChI=1S/C2H4.B2H2O3/c1-2;3-1-5-2-4/h1-2H2;3-4H. The average molecular weight is 99.7 g/mol. The fraction of sp³-hybridized carbons (Fsp3) is 0. The van der Waals surface area contributed by atoms with E-state index in [9.17, 15) is 0 Å². The minimum atomic E-state index is 0.375. The van der Waals surface area contributed by atoms with Crippen molar-refractivity contribution in [3.05, 3.63) is 13.2 Å². The van der Waals surface area contributed by atoms with E-state index >= 15 is 0 Å². The predicted molar refractivity (Wildman–Crippen MR) is 28.3 cm³/mol. The quantitative estimate of drug-likeness (QED) is 0.340. The second-order valence-corrected chi connectivity index (χ2v) is 0.347. The number of hydrogen-bond acceptors (Lipinski definition) is 3. The van der Waals surface area contributed by atoms with Crippen molar-refractivity contribution in [3.63, 3.8) is 0 Å². The molecular weight excluding hydrogens is 93.6 g/mol. The minimum Gasteiger partial charge on any atom is -0.456 e. The van der Waals surface area contributed by atoms with Crippen LogP contribution in [0, 0.1) is 0 Å². The topological polar surface area (TPSA) is 49.7 Å². The van der Waals surface area contributed by atoms with Crippen molar-refractivity contribution in [3.8, 4) is 0 Å². The largest absolute Gasteiger partial charge is 0.469 e. The van der Waals surface area contributed by atoms with Gasteiger partial charge < -0.3 is 14.6 Å². The summed E-state index contributed by atoms with van der Waals surface area (Å²) in [6.45, 7) is 6.00. The first kappa shape index (κ1) is 9.89. The Morgan fingerprint density at radius 3 is 1.43 bits per heavy atom. The van der Waals surface area contributed by atoms with E-state index in [4.69, 9.17) is 10.0 Å². The Balaban J connectivity index is 0. The van der Waals surface area contributed by atoms with Gasteiger partial charge >= 0.3 is 15.4 Å².